The molecule has 0 bridgehead atoms. The number of rotatable bonds is 3. The van der Waals surface area contributed by atoms with Gasteiger partial charge in [-0.25, -0.2) is 0 Å². The Labute approximate surface area is 147 Å². The van der Waals surface area contributed by atoms with Crippen molar-refractivity contribution in [3.63, 3.8) is 0 Å². The highest BCUT2D eigenvalue weighted by Gasteiger charge is 2.41. The van der Waals surface area contributed by atoms with Crippen LogP contribution in [0.4, 0.5) is 0 Å². The Morgan fingerprint density at radius 3 is 2.25 bits per heavy atom. The standard InChI is InChI=1S/C20H32O3Si/c1-13-11-17(21)16(20(5,6)22)12-15-14(13)9-10-18(15)23-24(7,8)19(2,3)4/h11-12,18,22H,9-10H2,1-8H3. The highest BCUT2D eigenvalue weighted by Crippen LogP contribution is 2.44. The number of fused-ring (bicyclic) bond motifs is 1. The summed E-state index contributed by atoms with van der Waals surface area (Å²) in [4.78, 5) is 12.5. The SMILES string of the molecule is Cc1cc(=O)c(C(C)(C)O)cc2c1CCC2O[Si](C)(C)C(C)(C)C. The molecule has 2 rings (SSSR count). The van der Waals surface area contributed by atoms with Crippen molar-refractivity contribution in [1.82, 2.24) is 0 Å². The van der Waals surface area contributed by atoms with Gasteiger partial charge in [-0.05, 0) is 80.6 Å². The minimum Gasteiger partial charge on any atom is -0.410 e. The number of aryl methyl sites for hydroxylation is 1. The van der Waals surface area contributed by atoms with Gasteiger partial charge in [-0.2, -0.15) is 0 Å². The summed E-state index contributed by atoms with van der Waals surface area (Å²) in [5.41, 5.74) is 2.52. The second-order valence-corrected chi connectivity index (χ2v) is 13.9. The monoisotopic (exact) mass is 348 g/mol. The molecule has 0 amide bonds. The predicted octanol–water partition coefficient (Wildman–Crippen LogP) is 4.59. The zero-order chi connectivity index (χ0) is 18.5. The fourth-order valence-electron chi connectivity index (χ4n) is 3.10. The van der Waals surface area contributed by atoms with Crippen LogP contribution >= 0.6 is 0 Å². The van der Waals surface area contributed by atoms with Gasteiger partial charge in [0.2, 0.25) is 0 Å². The van der Waals surface area contributed by atoms with Crippen LogP contribution in [0.1, 0.15) is 69.4 Å². The maximum Gasteiger partial charge on any atom is 0.192 e. The van der Waals surface area contributed by atoms with Crippen LogP contribution in [0.25, 0.3) is 0 Å². The van der Waals surface area contributed by atoms with E-state index in [1.54, 1.807) is 19.9 Å². The molecule has 1 aromatic rings. The van der Waals surface area contributed by atoms with Gasteiger partial charge in [0.15, 0.2) is 13.7 Å². The van der Waals surface area contributed by atoms with Gasteiger partial charge in [0.1, 0.15) is 0 Å². The molecule has 0 spiro atoms. The van der Waals surface area contributed by atoms with Crippen molar-refractivity contribution in [2.75, 3.05) is 0 Å². The zero-order valence-electron chi connectivity index (χ0n) is 16.4. The van der Waals surface area contributed by atoms with Gasteiger partial charge < -0.3 is 9.53 Å². The summed E-state index contributed by atoms with van der Waals surface area (Å²) in [6, 6.07) is 3.57. The van der Waals surface area contributed by atoms with E-state index in [1.165, 1.54) is 5.56 Å². The fourth-order valence-corrected chi connectivity index (χ4v) is 4.41. The number of aliphatic hydroxyl groups is 1. The summed E-state index contributed by atoms with van der Waals surface area (Å²) in [6.07, 6.45) is 1.90. The fraction of sp³-hybridized carbons (Fsp3) is 0.650. The topological polar surface area (TPSA) is 46.5 Å². The quantitative estimate of drug-likeness (QED) is 0.813. The summed E-state index contributed by atoms with van der Waals surface area (Å²) < 4.78 is 6.65. The van der Waals surface area contributed by atoms with Crippen molar-refractivity contribution in [1.29, 1.82) is 0 Å². The first-order valence-corrected chi connectivity index (χ1v) is 11.7. The van der Waals surface area contributed by atoms with E-state index in [0.717, 1.165) is 24.0 Å². The lowest BCUT2D eigenvalue weighted by molar-refractivity contribution is 0.0773. The second-order valence-electron chi connectivity index (χ2n) is 9.15. The van der Waals surface area contributed by atoms with Crippen LogP contribution < -0.4 is 5.43 Å². The summed E-state index contributed by atoms with van der Waals surface area (Å²) in [5.74, 6) is 0. The smallest absolute Gasteiger partial charge is 0.192 e. The Balaban J connectivity index is 2.56. The molecule has 0 radical (unpaired) electrons. The van der Waals surface area contributed by atoms with Crippen LogP contribution in [0.3, 0.4) is 0 Å². The molecule has 1 aliphatic carbocycles. The minimum atomic E-state index is -1.90. The number of hydrogen-bond donors (Lipinski definition) is 1. The average Bonchev–Trinajstić information content (AvgIpc) is 2.68. The van der Waals surface area contributed by atoms with Gasteiger partial charge in [-0.3, -0.25) is 4.79 Å². The van der Waals surface area contributed by atoms with Gasteiger partial charge in [-0.1, -0.05) is 20.8 Å². The second kappa shape index (κ2) is 6.08. The van der Waals surface area contributed by atoms with Crippen LogP contribution in [-0.2, 0) is 16.4 Å². The Morgan fingerprint density at radius 2 is 1.75 bits per heavy atom. The molecule has 24 heavy (non-hydrogen) atoms. The highest BCUT2D eigenvalue weighted by molar-refractivity contribution is 6.74. The van der Waals surface area contributed by atoms with E-state index < -0.39 is 13.9 Å². The zero-order valence-corrected chi connectivity index (χ0v) is 17.4. The molecule has 1 aromatic carbocycles. The minimum absolute atomic E-state index is 0.0208. The summed E-state index contributed by atoms with van der Waals surface area (Å²) >= 11 is 0. The first kappa shape index (κ1) is 19.4. The average molecular weight is 349 g/mol. The molecule has 1 N–H and O–H groups in total. The molecule has 4 heteroatoms. The van der Waals surface area contributed by atoms with Gasteiger partial charge in [0.05, 0.1) is 11.7 Å². The number of hydrogen-bond acceptors (Lipinski definition) is 3. The predicted molar refractivity (Wildman–Crippen MR) is 102 cm³/mol. The summed E-state index contributed by atoms with van der Waals surface area (Å²) in [7, 11) is -1.90. The van der Waals surface area contributed by atoms with E-state index in [0.29, 0.717) is 5.56 Å². The maximum atomic E-state index is 12.5. The van der Waals surface area contributed by atoms with E-state index in [2.05, 4.69) is 33.9 Å². The van der Waals surface area contributed by atoms with E-state index in [-0.39, 0.29) is 16.6 Å². The van der Waals surface area contributed by atoms with Gasteiger partial charge in [0, 0.05) is 5.56 Å². The first-order chi connectivity index (χ1) is 10.7. The lowest BCUT2D eigenvalue weighted by atomic mass is 9.98. The summed E-state index contributed by atoms with van der Waals surface area (Å²) in [5, 5.41) is 10.6. The lowest BCUT2D eigenvalue weighted by Crippen LogP contribution is -2.41. The maximum absolute atomic E-state index is 12.5. The van der Waals surface area contributed by atoms with Crippen molar-refractivity contribution in [3.05, 3.63) is 44.6 Å². The van der Waals surface area contributed by atoms with Crippen molar-refractivity contribution in [2.45, 2.75) is 84.2 Å². The molecule has 134 valence electrons. The van der Waals surface area contributed by atoms with Crippen LogP contribution in [0.2, 0.25) is 18.1 Å². The Bertz CT molecular complexity index is 694. The van der Waals surface area contributed by atoms with E-state index >= 15 is 0 Å². The van der Waals surface area contributed by atoms with Crippen molar-refractivity contribution in [3.8, 4) is 0 Å². The molecular formula is C20H32O3Si. The molecule has 3 nitrogen and oxygen atoms in total. The largest absolute Gasteiger partial charge is 0.410 e. The molecule has 1 unspecified atom stereocenters. The van der Waals surface area contributed by atoms with Crippen LogP contribution in [0.5, 0.6) is 0 Å². The molecule has 0 aromatic heterocycles. The molecule has 1 atom stereocenters. The Hall–Kier alpha value is -0.973. The van der Waals surface area contributed by atoms with Crippen molar-refractivity contribution >= 4 is 8.32 Å². The van der Waals surface area contributed by atoms with E-state index in [1.807, 2.05) is 13.0 Å². The van der Waals surface area contributed by atoms with Crippen LogP contribution in [0.15, 0.2) is 16.9 Å². The van der Waals surface area contributed by atoms with Crippen molar-refractivity contribution < 1.29 is 9.53 Å². The highest BCUT2D eigenvalue weighted by atomic mass is 28.4. The normalized spacial score (nSPS) is 18.6. The third-order valence-corrected chi connectivity index (χ3v) is 10.1. The van der Waals surface area contributed by atoms with Gasteiger partial charge in [0.25, 0.3) is 0 Å². The van der Waals surface area contributed by atoms with Crippen LogP contribution in [0, 0.1) is 6.92 Å². The van der Waals surface area contributed by atoms with E-state index in [9.17, 15) is 9.90 Å². The van der Waals surface area contributed by atoms with Crippen molar-refractivity contribution in [2.24, 2.45) is 0 Å². The first-order valence-electron chi connectivity index (χ1n) is 8.82. The molecule has 0 heterocycles. The molecule has 0 saturated carbocycles. The molecule has 0 fully saturated rings. The third kappa shape index (κ3) is 3.66. The van der Waals surface area contributed by atoms with E-state index in [4.69, 9.17) is 4.43 Å². The van der Waals surface area contributed by atoms with Crippen LogP contribution in [-0.4, -0.2) is 13.4 Å². The molecule has 0 aliphatic heterocycles. The lowest BCUT2D eigenvalue weighted by Gasteiger charge is -2.38. The summed E-state index contributed by atoms with van der Waals surface area (Å²) in [6.45, 7) is 16.6. The van der Waals surface area contributed by atoms with Gasteiger partial charge >= 0.3 is 0 Å². The Kier molecular flexibility index (Phi) is 4.90. The molecular weight excluding hydrogens is 316 g/mol. The molecule has 1 aliphatic rings. The molecule has 0 saturated heterocycles. The van der Waals surface area contributed by atoms with Gasteiger partial charge in [-0.15, -0.1) is 0 Å². The Morgan fingerprint density at radius 1 is 1.17 bits per heavy atom. The third-order valence-electron chi connectivity index (χ3n) is 5.64.